The van der Waals surface area contributed by atoms with Gasteiger partial charge >= 0.3 is 0 Å². The summed E-state index contributed by atoms with van der Waals surface area (Å²) in [6, 6.07) is 10.3. The van der Waals surface area contributed by atoms with Crippen LogP contribution in [-0.4, -0.2) is 74.1 Å². The lowest BCUT2D eigenvalue weighted by Gasteiger charge is -2.36. The lowest BCUT2D eigenvalue weighted by molar-refractivity contribution is -0.0855. The summed E-state index contributed by atoms with van der Waals surface area (Å²) >= 11 is 0. The molecule has 1 aromatic heterocycles. The maximum Gasteiger partial charge on any atom is 0.276 e. The molecule has 8 bridgehead atoms. The number of anilines is 2. The van der Waals surface area contributed by atoms with Crippen molar-refractivity contribution < 1.29 is 21.9 Å². The van der Waals surface area contributed by atoms with Gasteiger partial charge < -0.3 is 19.9 Å². The molecule has 2 saturated heterocycles. The van der Waals surface area contributed by atoms with Gasteiger partial charge in [0.1, 0.15) is 17.9 Å². The SMILES string of the molecule is C[C@H]1Nc2ncnc3cc(c(N4CCS(=O)(=O)CC4)cc23)OCCCCCCN2CCC(CC2)C(F)(F)c2cccc1c2. The predicted molar refractivity (Wildman–Crippen MR) is 166 cm³/mol. The van der Waals surface area contributed by atoms with Crippen LogP contribution in [0.2, 0.25) is 0 Å². The largest absolute Gasteiger partial charge is 0.491 e. The smallest absolute Gasteiger partial charge is 0.276 e. The molecule has 6 aliphatic rings. The summed E-state index contributed by atoms with van der Waals surface area (Å²) in [6.07, 6.45) is 6.50. The molecule has 3 aromatic rings. The molecule has 9 rings (SSSR count). The van der Waals surface area contributed by atoms with Crippen LogP contribution < -0.4 is 15.0 Å². The Labute approximate surface area is 252 Å². The average Bonchev–Trinajstić information content (AvgIpc) is 3.00. The molecule has 1 N–H and O–H groups in total. The van der Waals surface area contributed by atoms with Crippen molar-refractivity contribution in [2.45, 2.75) is 57.4 Å². The normalized spacial score (nSPS) is 26.3. The zero-order valence-electron chi connectivity index (χ0n) is 24.8. The van der Waals surface area contributed by atoms with E-state index in [0.717, 1.165) is 48.9 Å². The van der Waals surface area contributed by atoms with Crippen molar-refractivity contribution in [1.82, 2.24) is 14.9 Å². The number of piperidine rings is 1. The Morgan fingerprint density at radius 3 is 2.51 bits per heavy atom. The van der Waals surface area contributed by atoms with Crippen molar-refractivity contribution in [3.05, 3.63) is 53.9 Å². The van der Waals surface area contributed by atoms with E-state index < -0.39 is 21.7 Å². The number of ether oxygens (including phenoxy) is 1. The van der Waals surface area contributed by atoms with Crippen LogP contribution in [-0.2, 0) is 15.8 Å². The molecule has 1 atom stereocenters. The molecule has 6 aliphatic heterocycles. The summed E-state index contributed by atoms with van der Waals surface area (Å²) in [6.45, 7) is 5.62. The maximum absolute atomic E-state index is 15.8. The third kappa shape index (κ3) is 6.72. The zero-order valence-corrected chi connectivity index (χ0v) is 25.6. The second-order valence-electron chi connectivity index (χ2n) is 12.2. The lowest BCUT2D eigenvalue weighted by atomic mass is 9.85. The molecule has 11 heteroatoms. The summed E-state index contributed by atoms with van der Waals surface area (Å²) in [4.78, 5) is 13.4. The second-order valence-corrected chi connectivity index (χ2v) is 14.5. The number of benzene rings is 2. The van der Waals surface area contributed by atoms with Gasteiger partial charge in [0, 0.05) is 42.1 Å². The van der Waals surface area contributed by atoms with Crippen molar-refractivity contribution in [3.63, 3.8) is 0 Å². The zero-order chi connectivity index (χ0) is 30.0. The third-order valence-corrected chi connectivity index (χ3v) is 10.9. The quantitative estimate of drug-likeness (QED) is 0.369. The predicted octanol–water partition coefficient (Wildman–Crippen LogP) is 5.79. The molecule has 0 spiro atoms. The number of nitrogens with one attached hydrogen (secondary N) is 1. The number of sulfone groups is 1. The van der Waals surface area contributed by atoms with E-state index in [4.69, 9.17) is 4.74 Å². The van der Waals surface area contributed by atoms with Crippen molar-refractivity contribution in [1.29, 1.82) is 0 Å². The first-order valence-corrected chi connectivity index (χ1v) is 17.4. The van der Waals surface area contributed by atoms with Crippen molar-refractivity contribution in [2.24, 2.45) is 5.92 Å². The van der Waals surface area contributed by atoms with Gasteiger partial charge in [-0.2, -0.15) is 0 Å². The second kappa shape index (κ2) is 12.5. The molecular weight excluding hydrogens is 572 g/mol. The highest BCUT2D eigenvalue weighted by molar-refractivity contribution is 7.91. The molecule has 0 saturated carbocycles. The fraction of sp³-hybridized carbons (Fsp3) is 0.562. The van der Waals surface area contributed by atoms with Crippen LogP contribution in [0.4, 0.5) is 20.3 Å². The molecule has 7 heterocycles. The van der Waals surface area contributed by atoms with Crippen LogP contribution >= 0.6 is 0 Å². The van der Waals surface area contributed by atoms with Gasteiger partial charge in [-0.25, -0.2) is 27.2 Å². The summed E-state index contributed by atoms with van der Waals surface area (Å²) in [5.74, 6) is -2.10. The summed E-state index contributed by atoms with van der Waals surface area (Å²) in [5.41, 5.74) is 2.34. The lowest BCUT2D eigenvalue weighted by Crippen LogP contribution is -2.40. The van der Waals surface area contributed by atoms with Gasteiger partial charge in [-0.05, 0) is 69.9 Å². The third-order valence-electron chi connectivity index (χ3n) is 9.25. The van der Waals surface area contributed by atoms with E-state index in [0.29, 0.717) is 62.7 Å². The van der Waals surface area contributed by atoms with E-state index in [-0.39, 0.29) is 23.1 Å². The fourth-order valence-electron chi connectivity index (χ4n) is 6.54. The Morgan fingerprint density at radius 1 is 0.953 bits per heavy atom. The average molecular weight is 614 g/mol. The Bertz CT molecular complexity index is 1530. The molecule has 0 amide bonds. The summed E-state index contributed by atoms with van der Waals surface area (Å²) < 4.78 is 62.3. The van der Waals surface area contributed by atoms with Gasteiger partial charge in [0.15, 0.2) is 9.84 Å². The molecule has 43 heavy (non-hydrogen) atoms. The van der Waals surface area contributed by atoms with Crippen LogP contribution in [0, 0.1) is 5.92 Å². The van der Waals surface area contributed by atoms with E-state index in [2.05, 4.69) is 25.1 Å². The first kappa shape index (κ1) is 30.0. The molecule has 0 radical (unpaired) electrons. The maximum atomic E-state index is 15.8. The Kier molecular flexibility index (Phi) is 8.73. The van der Waals surface area contributed by atoms with Gasteiger partial charge in [0.25, 0.3) is 5.92 Å². The minimum absolute atomic E-state index is 0.0657. The van der Waals surface area contributed by atoms with Crippen LogP contribution in [0.15, 0.2) is 42.7 Å². The van der Waals surface area contributed by atoms with Crippen molar-refractivity contribution >= 4 is 32.2 Å². The Hall–Kier alpha value is -3.05. The first-order chi connectivity index (χ1) is 20.7. The number of aromatic nitrogens is 2. The van der Waals surface area contributed by atoms with E-state index in [9.17, 15) is 8.42 Å². The molecular formula is C32H41F2N5O3S. The van der Waals surface area contributed by atoms with Crippen LogP contribution in [0.3, 0.4) is 0 Å². The minimum Gasteiger partial charge on any atom is -0.491 e. The molecule has 0 unspecified atom stereocenters. The Morgan fingerprint density at radius 2 is 1.72 bits per heavy atom. The number of halogens is 2. The van der Waals surface area contributed by atoms with Gasteiger partial charge in [-0.15, -0.1) is 0 Å². The number of rotatable bonds is 1. The van der Waals surface area contributed by atoms with Crippen LogP contribution in [0.5, 0.6) is 5.75 Å². The highest BCUT2D eigenvalue weighted by atomic mass is 32.2. The van der Waals surface area contributed by atoms with E-state index in [1.165, 1.54) is 6.33 Å². The molecule has 232 valence electrons. The van der Waals surface area contributed by atoms with Crippen molar-refractivity contribution in [2.75, 3.05) is 61.1 Å². The highest BCUT2D eigenvalue weighted by Gasteiger charge is 2.42. The standard InChI is InChI=1S/C32H41F2N5O3S/c1-23-24-7-6-8-26(19-24)32(33,34)25-9-12-38(13-10-25)11-4-2-3-5-16-42-30-21-28-27(31(37-23)36-22-35-28)20-29(30)39-14-17-43(40,41)18-15-39/h6-8,19-23,25H,2-5,9-18H2,1H3,(H,35,36,37)/t23-/m1/s1. The summed E-state index contributed by atoms with van der Waals surface area (Å²) in [5, 5.41) is 4.20. The summed E-state index contributed by atoms with van der Waals surface area (Å²) in [7, 11) is -3.06. The van der Waals surface area contributed by atoms with Gasteiger partial charge in [-0.1, -0.05) is 31.0 Å². The van der Waals surface area contributed by atoms with E-state index in [1.807, 2.05) is 25.1 Å². The van der Waals surface area contributed by atoms with Crippen LogP contribution in [0.1, 0.15) is 62.6 Å². The highest BCUT2D eigenvalue weighted by Crippen LogP contribution is 2.42. The number of hydrogen-bond donors (Lipinski definition) is 1. The van der Waals surface area contributed by atoms with Gasteiger partial charge in [0.05, 0.1) is 29.3 Å². The molecule has 8 nitrogen and oxygen atoms in total. The number of alkyl halides is 2. The monoisotopic (exact) mass is 613 g/mol. The molecule has 2 aromatic carbocycles. The van der Waals surface area contributed by atoms with Crippen molar-refractivity contribution in [3.8, 4) is 5.75 Å². The first-order valence-electron chi connectivity index (χ1n) is 15.5. The fourth-order valence-corrected chi connectivity index (χ4v) is 7.74. The van der Waals surface area contributed by atoms with E-state index >= 15 is 8.78 Å². The minimum atomic E-state index is -3.06. The van der Waals surface area contributed by atoms with Crippen LogP contribution in [0.25, 0.3) is 10.9 Å². The molecule has 2 fully saturated rings. The topological polar surface area (TPSA) is 87.7 Å². The number of hydrogen-bond acceptors (Lipinski definition) is 8. The van der Waals surface area contributed by atoms with E-state index in [1.54, 1.807) is 18.2 Å². The molecule has 0 aliphatic carbocycles. The van der Waals surface area contributed by atoms with Gasteiger partial charge in [0.2, 0.25) is 0 Å². The number of nitrogens with zero attached hydrogens (tertiary/aromatic N) is 4. The van der Waals surface area contributed by atoms with Gasteiger partial charge in [-0.3, -0.25) is 0 Å². The Balaban J connectivity index is 1.35.